The van der Waals surface area contributed by atoms with Crippen LogP contribution < -0.4 is 14.8 Å². The molecule has 9 nitrogen and oxygen atoms in total. The second-order valence-electron chi connectivity index (χ2n) is 6.07. The third-order valence-corrected chi connectivity index (χ3v) is 3.45. The summed E-state index contributed by atoms with van der Waals surface area (Å²) in [6.45, 7) is 3.73. The van der Waals surface area contributed by atoms with Gasteiger partial charge in [0.1, 0.15) is 28.8 Å². The highest BCUT2D eigenvalue weighted by Gasteiger charge is 2.13. The number of rotatable bonds is 7. The second kappa shape index (κ2) is 8.21. The highest BCUT2D eigenvalue weighted by molar-refractivity contribution is 6.04. The molecule has 0 saturated carbocycles. The number of benzene rings is 1. The largest absolute Gasteiger partial charge is 0.491 e. The Balaban J connectivity index is 1.86. The predicted octanol–water partition coefficient (Wildman–Crippen LogP) is 3.33. The number of anilines is 1. The van der Waals surface area contributed by atoms with Crippen LogP contribution in [0, 0.1) is 0 Å². The minimum absolute atomic E-state index is 0.0936. The summed E-state index contributed by atoms with van der Waals surface area (Å²) in [5, 5.41) is 18.0. The van der Waals surface area contributed by atoms with Crippen LogP contribution >= 0.6 is 0 Å². The van der Waals surface area contributed by atoms with Crippen LogP contribution in [0.15, 0.2) is 48.8 Å². The maximum absolute atomic E-state index is 12.5. The molecule has 0 atom stereocenters. The van der Waals surface area contributed by atoms with Crippen LogP contribution in [0.25, 0.3) is 0 Å². The number of hydrogen-bond acceptors (Lipinski definition) is 6. The molecule has 144 valence electrons. The SMILES string of the molecule is CC(C)Oc1cc(Oc2ccc(C(=O)O)nc2)cc(C(=O)Nc2ccn[nH]2)c1. The standard InChI is InChI=1S/C19H18N4O5/c1-11(2)27-14-7-12(18(24)22-17-5-6-21-23-17)8-15(9-14)28-13-3-4-16(19(25)26)20-10-13/h3-11H,1-2H3,(H,25,26)(H2,21,22,23,24). The maximum atomic E-state index is 12.5. The van der Waals surface area contributed by atoms with Crippen molar-refractivity contribution >= 4 is 17.7 Å². The lowest BCUT2D eigenvalue weighted by atomic mass is 10.2. The molecule has 2 heterocycles. The molecule has 0 fully saturated rings. The fraction of sp³-hybridized carbons (Fsp3) is 0.158. The topological polar surface area (TPSA) is 126 Å². The first-order chi connectivity index (χ1) is 13.4. The molecule has 0 unspecified atom stereocenters. The van der Waals surface area contributed by atoms with Gasteiger partial charge in [0, 0.05) is 17.7 Å². The number of nitrogens with zero attached hydrogens (tertiary/aromatic N) is 2. The van der Waals surface area contributed by atoms with Gasteiger partial charge in [0.15, 0.2) is 0 Å². The zero-order chi connectivity index (χ0) is 20.1. The zero-order valence-electron chi connectivity index (χ0n) is 15.2. The zero-order valence-corrected chi connectivity index (χ0v) is 15.2. The number of hydrogen-bond donors (Lipinski definition) is 3. The van der Waals surface area contributed by atoms with Gasteiger partial charge in [0.25, 0.3) is 5.91 Å². The number of carboxylic acids is 1. The first-order valence-electron chi connectivity index (χ1n) is 8.40. The number of nitrogens with one attached hydrogen (secondary N) is 2. The predicted molar refractivity (Wildman–Crippen MR) is 100 cm³/mol. The van der Waals surface area contributed by atoms with E-state index in [2.05, 4.69) is 20.5 Å². The smallest absolute Gasteiger partial charge is 0.354 e. The van der Waals surface area contributed by atoms with Crippen molar-refractivity contribution in [2.75, 3.05) is 5.32 Å². The van der Waals surface area contributed by atoms with Gasteiger partial charge >= 0.3 is 5.97 Å². The molecule has 0 radical (unpaired) electrons. The monoisotopic (exact) mass is 382 g/mol. The lowest BCUT2D eigenvalue weighted by Gasteiger charge is -2.14. The first kappa shape index (κ1) is 18.9. The third kappa shape index (κ3) is 4.85. The highest BCUT2D eigenvalue weighted by Crippen LogP contribution is 2.28. The van der Waals surface area contributed by atoms with Crippen LogP contribution in [0.1, 0.15) is 34.7 Å². The van der Waals surface area contributed by atoms with E-state index in [9.17, 15) is 9.59 Å². The molecular formula is C19H18N4O5. The van der Waals surface area contributed by atoms with Gasteiger partial charge in [-0.1, -0.05) is 0 Å². The van der Waals surface area contributed by atoms with Crippen LogP contribution in [0.3, 0.4) is 0 Å². The molecule has 0 aliphatic rings. The van der Waals surface area contributed by atoms with E-state index in [1.165, 1.54) is 24.5 Å². The van der Waals surface area contributed by atoms with Crippen LogP contribution in [0.2, 0.25) is 0 Å². The summed E-state index contributed by atoms with van der Waals surface area (Å²) < 4.78 is 11.4. The molecule has 0 saturated heterocycles. The molecule has 1 amide bonds. The fourth-order valence-corrected chi connectivity index (χ4v) is 2.33. The van der Waals surface area contributed by atoms with Crippen molar-refractivity contribution in [2.24, 2.45) is 0 Å². The van der Waals surface area contributed by atoms with Gasteiger partial charge in [-0.3, -0.25) is 9.89 Å². The normalized spacial score (nSPS) is 10.5. The van der Waals surface area contributed by atoms with Crippen molar-refractivity contribution in [3.63, 3.8) is 0 Å². The van der Waals surface area contributed by atoms with Crippen molar-refractivity contribution in [3.8, 4) is 17.2 Å². The quantitative estimate of drug-likeness (QED) is 0.572. The molecular weight excluding hydrogens is 364 g/mol. The highest BCUT2D eigenvalue weighted by atomic mass is 16.5. The van der Waals surface area contributed by atoms with E-state index in [-0.39, 0.29) is 17.7 Å². The number of H-pyrrole nitrogens is 1. The Labute approximate surface area is 160 Å². The van der Waals surface area contributed by atoms with Crippen molar-refractivity contribution < 1.29 is 24.2 Å². The van der Waals surface area contributed by atoms with Crippen molar-refractivity contribution in [2.45, 2.75) is 20.0 Å². The summed E-state index contributed by atoms with van der Waals surface area (Å²) in [7, 11) is 0. The maximum Gasteiger partial charge on any atom is 0.354 e. The van der Waals surface area contributed by atoms with Crippen molar-refractivity contribution in [1.29, 1.82) is 0 Å². The number of carbonyl (C=O) groups excluding carboxylic acids is 1. The molecule has 2 aromatic heterocycles. The molecule has 0 aliphatic heterocycles. The number of carbonyl (C=O) groups is 2. The van der Waals surface area contributed by atoms with Gasteiger partial charge in [0.05, 0.1) is 18.5 Å². The molecule has 9 heteroatoms. The van der Waals surface area contributed by atoms with Gasteiger partial charge in [-0.2, -0.15) is 5.10 Å². The molecule has 0 aliphatic carbocycles. The van der Waals surface area contributed by atoms with E-state index >= 15 is 0 Å². The number of carboxylic acid groups (broad SMARTS) is 1. The van der Waals surface area contributed by atoms with Gasteiger partial charge in [-0.15, -0.1) is 0 Å². The number of aromatic nitrogens is 3. The summed E-state index contributed by atoms with van der Waals surface area (Å²) in [5.74, 6) is 0.0807. The Hall–Kier alpha value is -3.88. The van der Waals surface area contributed by atoms with Crippen LogP contribution in [0.5, 0.6) is 17.2 Å². The summed E-state index contributed by atoms with van der Waals surface area (Å²) in [5.41, 5.74) is 0.224. The number of aromatic amines is 1. The molecule has 1 aromatic carbocycles. The third-order valence-electron chi connectivity index (χ3n) is 3.45. The molecule has 3 rings (SSSR count). The molecule has 3 aromatic rings. The molecule has 3 N–H and O–H groups in total. The van der Waals surface area contributed by atoms with Gasteiger partial charge in [0.2, 0.25) is 0 Å². The summed E-state index contributed by atoms with van der Waals surface area (Å²) in [6, 6.07) is 9.22. The number of pyridine rings is 1. The van der Waals surface area contributed by atoms with Crippen LogP contribution in [0.4, 0.5) is 5.82 Å². The Morgan fingerprint density at radius 1 is 1.11 bits per heavy atom. The Kier molecular flexibility index (Phi) is 5.54. The fourth-order valence-electron chi connectivity index (χ4n) is 2.33. The van der Waals surface area contributed by atoms with E-state index < -0.39 is 5.97 Å². The Morgan fingerprint density at radius 3 is 2.50 bits per heavy atom. The molecule has 0 spiro atoms. The summed E-state index contributed by atoms with van der Waals surface area (Å²) in [6.07, 6.45) is 2.72. The minimum Gasteiger partial charge on any atom is -0.491 e. The molecule has 0 bridgehead atoms. The van der Waals surface area contributed by atoms with E-state index in [1.54, 1.807) is 24.3 Å². The lowest BCUT2D eigenvalue weighted by Crippen LogP contribution is -2.13. The Morgan fingerprint density at radius 2 is 1.89 bits per heavy atom. The van der Waals surface area contributed by atoms with Gasteiger partial charge < -0.3 is 19.9 Å². The van der Waals surface area contributed by atoms with Gasteiger partial charge in [-0.25, -0.2) is 9.78 Å². The second-order valence-corrected chi connectivity index (χ2v) is 6.07. The lowest BCUT2D eigenvalue weighted by molar-refractivity contribution is 0.0690. The average molecular weight is 382 g/mol. The van der Waals surface area contributed by atoms with Crippen LogP contribution in [-0.2, 0) is 0 Å². The molecule has 28 heavy (non-hydrogen) atoms. The minimum atomic E-state index is -1.13. The Bertz CT molecular complexity index is 968. The van der Waals surface area contributed by atoms with E-state index in [0.717, 1.165) is 0 Å². The summed E-state index contributed by atoms with van der Waals surface area (Å²) >= 11 is 0. The summed E-state index contributed by atoms with van der Waals surface area (Å²) in [4.78, 5) is 27.2. The van der Waals surface area contributed by atoms with E-state index in [4.69, 9.17) is 14.6 Å². The van der Waals surface area contributed by atoms with E-state index in [0.29, 0.717) is 28.6 Å². The first-order valence-corrected chi connectivity index (χ1v) is 8.40. The van der Waals surface area contributed by atoms with Crippen molar-refractivity contribution in [1.82, 2.24) is 15.2 Å². The number of amides is 1. The van der Waals surface area contributed by atoms with Crippen molar-refractivity contribution in [3.05, 3.63) is 60.0 Å². The average Bonchev–Trinajstić information content (AvgIpc) is 3.14. The van der Waals surface area contributed by atoms with Crippen LogP contribution in [-0.4, -0.2) is 38.3 Å². The number of ether oxygens (including phenoxy) is 2. The van der Waals surface area contributed by atoms with Gasteiger partial charge in [-0.05, 0) is 38.1 Å². The van der Waals surface area contributed by atoms with E-state index in [1.807, 2.05) is 13.8 Å². The number of aromatic carboxylic acids is 1.